The number of rotatable bonds is 2. The standard InChI is InChI=1S/C22H34N2O2/c1-13(2)24-20(26)18-6-5-16-15-12-23-19-11-14(25)7-9-22(19,4)17(15)8-10-21(16,18)3/h11,13,15-18,23H,5-10,12H2,1-4H3,(H,24,26)/t15?,16?,17?,18-,21+,22-/m1/s1. The summed E-state index contributed by atoms with van der Waals surface area (Å²) in [6.07, 6.45) is 8.07. The number of ketones is 1. The quantitative estimate of drug-likeness (QED) is 0.795. The van der Waals surface area contributed by atoms with Crippen molar-refractivity contribution >= 4 is 11.7 Å². The second-order valence-corrected chi connectivity index (χ2v) is 10.0. The summed E-state index contributed by atoms with van der Waals surface area (Å²) in [6.45, 7) is 9.82. The van der Waals surface area contributed by atoms with Gasteiger partial charge >= 0.3 is 0 Å². The summed E-state index contributed by atoms with van der Waals surface area (Å²) in [7, 11) is 0. The predicted molar refractivity (Wildman–Crippen MR) is 102 cm³/mol. The molecule has 0 radical (unpaired) electrons. The van der Waals surface area contributed by atoms with Crippen LogP contribution >= 0.6 is 0 Å². The van der Waals surface area contributed by atoms with Crippen LogP contribution in [0, 0.1) is 34.5 Å². The van der Waals surface area contributed by atoms with Gasteiger partial charge in [-0.15, -0.1) is 0 Å². The number of hydrogen-bond acceptors (Lipinski definition) is 3. The van der Waals surface area contributed by atoms with E-state index < -0.39 is 0 Å². The van der Waals surface area contributed by atoms with Gasteiger partial charge < -0.3 is 10.6 Å². The van der Waals surface area contributed by atoms with Gasteiger partial charge in [-0.3, -0.25) is 9.59 Å². The predicted octanol–water partition coefficient (Wildman–Crippen LogP) is 3.43. The largest absolute Gasteiger partial charge is 0.387 e. The Labute approximate surface area is 157 Å². The molecule has 26 heavy (non-hydrogen) atoms. The Morgan fingerprint density at radius 3 is 2.69 bits per heavy atom. The molecule has 4 rings (SSSR count). The van der Waals surface area contributed by atoms with Crippen molar-refractivity contribution in [2.45, 2.75) is 72.3 Å². The van der Waals surface area contributed by atoms with Gasteiger partial charge in [0.2, 0.25) is 5.91 Å². The number of amides is 1. The zero-order chi connectivity index (χ0) is 18.7. The third-order valence-corrected chi connectivity index (χ3v) is 8.34. The highest BCUT2D eigenvalue weighted by molar-refractivity contribution is 5.91. The summed E-state index contributed by atoms with van der Waals surface area (Å²) >= 11 is 0. The molecule has 3 aliphatic carbocycles. The van der Waals surface area contributed by atoms with Crippen molar-refractivity contribution in [2.75, 3.05) is 6.54 Å². The SMILES string of the molecule is CC(C)NC(=O)[C@H]1CCC2C3CNC4=CC(=O)CC[C@]4(C)C3CC[C@@]21C. The van der Waals surface area contributed by atoms with Crippen LogP contribution < -0.4 is 10.6 Å². The number of nitrogens with one attached hydrogen (secondary N) is 2. The van der Waals surface area contributed by atoms with E-state index in [9.17, 15) is 9.59 Å². The van der Waals surface area contributed by atoms with E-state index >= 15 is 0 Å². The number of piperidine rings is 1. The van der Waals surface area contributed by atoms with Gasteiger partial charge in [0.05, 0.1) is 0 Å². The molecule has 1 saturated heterocycles. The molecule has 3 fully saturated rings. The van der Waals surface area contributed by atoms with Crippen LogP contribution in [0.1, 0.15) is 66.2 Å². The van der Waals surface area contributed by atoms with Gasteiger partial charge in [-0.05, 0) is 69.1 Å². The van der Waals surface area contributed by atoms with Crippen molar-refractivity contribution in [1.29, 1.82) is 0 Å². The molecule has 0 aromatic heterocycles. The van der Waals surface area contributed by atoms with Crippen molar-refractivity contribution in [1.82, 2.24) is 10.6 Å². The van der Waals surface area contributed by atoms with Crippen molar-refractivity contribution in [3.05, 3.63) is 11.8 Å². The maximum atomic E-state index is 12.8. The Hall–Kier alpha value is -1.32. The lowest BCUT2D eigenvalue weighted by atomic mass is 9.50. The number of carbonyl (C=O) groups is 2. The summed E-state index contributed by atoms with van der Waals surface area (Å²) in [4.78, 5) is 24.7. The molecule has 0 aromatic rings. The maximum absolute atomic E-state index is 12.8. The fraction of sp³-hybridized carbons (Fsp3) is 0.818. The average molecular weight is 359 g/mol. The van der Waals surface area contributed by atoms with Gasteiger partial charge in [-0.1, -0.05) is 13.8 Å². The van der Waals surface area contributed by atoms with Gasteiger partial charge in [-0.25, -0.2) is 0 Å². The van der Waals surface area contributed by atoms with Crippen LogP contribution in [0.15, 0.2) is 11.8 Å². The van der Waals surface area contributed by atoms with Crippen LogP contribution in [-0.2, 0) is 9.59 Å². The molecule has 4 nitrogen and oxygen atoms in total. The van der Waals surface area contributed by atoms with Crippen LogP contribution in [0.3, 0.4) is 0 Å². The minimum atomic E-state index is 0.121. The lowest BCUT2D eigenvalue weighted by Crippen LogP contribution is -2.57. The molecule has 2 N–H and O–H groups in total. The van der Waals surface area contributed by atoms with E-state index in [2.05, 4.69) is 24.5 Å². The topological polar surface area (TPSA) is 58.2 Å². The maximum Gasteiger partial charge on any atom is 0.223 e. The van der Waals surface area contributed by atoms with Gasteiger partial charge in [0.1, 0.15) is 0 Å². The minimum absolute atomic E-state index is 0.121. The zero-order valence-corrected chi connectivity index (χ0v) is 16.7. The zero-order valence-electron chi connectivity index (χ0n) is 16.7. The summed E-state index contributed by atoms with van der Waals surface area (Å²) < 4.78 is 0. The summed E-state index contributed by atoms with van der Waals surface area (Å²) in [5.74, 6) is 2.59. The van der Waals surface area contributed by atoms with E-state index in [1.54, 1.807) is 0 Å². The van der Waals surface area contributed by atoms with E-state index in [1.165, 1.54) is 18.5 Å². The van der Waals surface area contributed by atoms with Crippen LogP contribution in [0.4, 0.5) is 0 Å². The molecule has 1 aliphatic heterocycles. The highest BCUT2D eigenvalue weighted by Gasteiger charge is 2.60. The summed E-state index contributed by atoms with van der Waals surface area (Å²) in [5, 5.41) is 6.81. The second kappa shape index (κ2) is 6.10. The van der Waals surface area contributed by atoms with Crippen molar-refractivity contribution in [3.8, 4) is 0 Å². The number of fused-ring (bicyclic) bond motifs is 5. The van der Waals surface area contributed by atoms with Gasteiger partial charge in [-0.2, -0.15) is 0 Å². The first-order chi connectivity index (χ1) is 12.3. The molecule has 144 valence electrons. The molecule has 0 aromatic carbocycles. The molecular formula is C22H34N2O2. The van der Waals surface area contributed by atoms with Crippen LogP contribution in [0.25, 0.3) is 0 Å². The minimum Gasteiger partial charge on any atom is -0.387 e. The van der Waals surface area contributed by atoms with E-state index in [0.29, 0.717) is 24.2 Å². The highest BCUT2D eigenvalue weighted by atomic mass is 16.2. The molecule has 6 atom stereocenters. The Morgan fingerprint density at radius 2 is 1.96 bits per heavy atom. The normalized spacial score (nSPS) is 44.5. The van der Waals surface area contributed by atoms with Crippen LogP contribution in [-0.4, -0.2) is 24.3 Å². The third kappa shape index (κ3) is 2.55. The van der Waals surface area contributed by atoms with Crippen LogP contribution in [0.2, 0.25) is 0 Å². The number of carbonyl (C=O) groups excluding carboxylic acids is 2. The smallest absolute Gasteiger partial charge is 0.223 e. The first-order valence-electron chi connectivity index (χ1n) is 10.5. The molecule has 2 saturated carbocycles. The number of hydrogen-bond donors (Lipinski definition) is 2. The molecular weight excluding hydrogens is 324 g/mol. The number of allylic oxidation sites excluding steroid dienone is 2. The lowest BCUT2D eigenvalue weighted by Gasteiger charge is -2.58. The summed E-state index contributed by atoms with van der Waals surface area (Å²) in [6, 6.07) is 0.212. The van der Waals surface area contributed by atoms with Crippen LogP contribution in [0.5, 0.6) is 0 Å². The summed E-state index contributed by atoms with van der Waals surface area (Å²) in [5.41, 5.74) is 1.44. The van der Waals surface area contributed by atoms with Crippen molar-refractivity contribution in [2.24, 2.45) is 34.5 Å². The molecule has 0 bridgehead atoms. The molecule has 4 heteroatoms. The van der Waals surface area contributed by atoms with E-state index in [4.69, 9.17) is 0 Å². The Morgan fingerprint density at radius 1 is 1.19 bits per heavy atom. The van der Waals surface area contributed by atoms with Gasteiger partial charge in [0, 0.05) is 42.1 Å². The molecule has 1 heterocycles. The Balaban J connectivity index is 1.59. The monoisotopic (exact) mass is 358 g/mol. The van der Waals surface area contributed by atoms with E-state index in [0.717, 1.165) is 25.8 Å². The van der Waals surface area contributed by atoms with Gasteiger partial charge in [0.15, 0.2) is 5.78 Å². The average Bonchev–Trinajstić information content (AvgIpc) is 2.92. The highest BCUT2D eigenvalue weighted by Crippen LogP contribution is 2.64. The molecule has 1 amide bonds. The van der Waals surface area contributed by atoms with E-state index in [-0.39, 0.29) is 34.5 Å². The first kappa shape index (κ1) is 18.1. The molecule has 3 unspecified atom stereocenters. The lowest BCUT2D eigenvalue weighted by molar-refractivity contribution is -0.133. The van der Waals surface area contributed by atoms with E-state index in [1.807, 2.05) is 19.9 Å². The van der Waals surface area contributed by atoms with Crippen molar-refractivity contribution < 1.29 is 9.59 Å². The molecule has 0 spiro atoms. The van der Waals surface area contributed by atoms with Crippen molar-refractivity contribution in [3.63, 3.8) is 0 Å². The Kier molecular flexibility index (Phi) is 4.24. The Bertz CT molecular complexity index is 655. The first-order valence-corrected chi connectivity index (χ1v) is 10.5. The fourth-order valence-corrected chi connectivity index (χ4v) is 6.96. The second-order valence-electron chi connectivity index (χ2n) is 10.0. The molecule has 4 aliphatic rings. The van der Waals surface area contributed by atoms with Gasteiger partial charge in [0.25, 0.3) is 0 Å². The fourth-order valence-electron chi connectivity index (χ4n) is 6.96. The third-order valence-electron chi connectivity index (χ3n) is 8.34.